The molecule has 0 saturated carbocycles. The van der Waals surface area contributed by atoms with Crippen molar-refractivity contribution in [2.45, 2.75) is 6.42 Å². The third kappa shape index (κ3) is 3.92. The SMILES string of the molecule is Clc1ccc(N(C2=NCCS2)c2ccc(Cc3cccnc3)cc2)cc1. The van der Waals surface area contributed by atoms with Crippen molar-refractivity contribution in [1.29, 1.82) is 0 Å². The van der Waals surface area contributed by atoms with Crippen LogP contribution in [0.4, 0.5) is 11.4 Å². The van der Waals surface area contributed by atoms with Crippen LogP contribution in [0.1, 0.15) is 11.1 Å². The molecule has 1 aromatic heterocycles. The Kier molecular flexibility index (Phi) is 5.23. The maximum Gasteiger partial charge on any atom is 0.168 e. The van der Waals surface area contributed by atoms with Crippen molar-refractivity contribution in [3.63, 3.8) is 0 Å². The number of hydrogen-bond donors (Lipinski definition) is 0. The standard InChI is InChI=1S/C21H18ClN3S/c22-18-5-9-20(10-6-18)25(21-24-12-13-26-21)19-7-3-16(4-8-19)14-17-2-1-11-23-15-17/h1-11,15H,12-14H2. The van der Waals surface area contributed by atoms with Crippen LogP contribution < -0.4 is 4.90 Å². The molecule has 1 aliphatic heterocycles. The number of benzene rings is 2. The molecule has 0 bridgehead atoms. The van der Waals surface area contributed by atoms with E-state index in [0.717, 1.165) is 40.3 Å². The second-order valence-corrected chi connectivity index (χ2v) is 7.53. The first-order valence-electron chi connectivity index (χ1n) is 8.50. The summed E-state index contributed by atoms with van der Waals surface area (Å²) in [6.07, 6.45) is 4.60. The van der Waals surface area contributed by atoms with Crippen molar-refractivity contribution in [3.8, 4) is 0 Å². The van der Waals surface area contributed by atoms with E-state index in [1.165, 1.54) is 11.1 Å². The first-order valence-corrected chi connectivity index (χ1v) is 9.87. The van der Waals surface area contributed by atoms with Gasteiger partial charge in [-0.2, -0.15) is 0 Å². The molecule has 0 fully saturated rings. The van der Waals surface area contributed by atoms with Gasteiger partial charge < -0.3 is 0 Å². The van der Waals surface area contributed by atoms with Crippen LogP contribution in [0.3, 0.4) is 0 Å². The second-order valence-electron chi connectivity index (χ2n) is 6.03. The summed E-state index contributed by atoms with van der Waals surface area (Å²) in [5.74, 6) is 1.03. The maximum absolute atomic E-state index is 6.06. The van der Waals surface area contributed by atoms with Gasteiger partial charge in [0.15, 0.2) is 5.17 Å². The van der Waals surface area contributed by atoms with Crippen LogP contribution in [0.15, 0.2) is 78.0 Å². The number of amidine groups is 1. The van der Waals surface area contributed by atoms with Gasteiger partial charge in [0.2, 0.25) is 0 Å². The predicted octanol–water partition coefficient (Wildman–Crippen LogP) is 5.57. The van der Waals surface area contributed by atoms with Crippen molar-refractivity contribution in [2.24, 2.45) is 4.99 Å². The molecule has 0 atom stereocenters. The largest absolute Gasteiger partial charge is 0.290 e. The molecule has 3 nitrogen and oxygen atoms in total. The first-order chi connectivity index (χ1) is 12.8. The van der Waals surface area contributed by atoms with Crippen LogP contribution >= 0.6 is 23.4 Å². The molecule has 0 N–H and O–H groups in total. The highest BCUT2D eigenvalue weighted by Gasteiger charge is 2.19. The summed E-state index contributed by atoms with van der Waals surface area (Å²) in [4.78, 5) is 11.1. The average Bonchev–Trinajstić information content (AvgIpc) is 3.20. The van der Waals surface area contributed by atoms with Crippen LogP contribution in [-0.4, -0.2) is 22.4 Å². The molecule has 0 aliphatic carbocycles. The Hall–Kier alpha value is -2.30. The van der Waals surface area contributed by atoms with E-state index in [1.807, 2.05) is 36.5 Å². The molecule has 1 aliphatic rings. The molecular weight excluding hydrogens is 362 g/mol. The average molecular weight is 380 g/mol. The lowest BCUT2D eigenvalue weighted by Crippen LogP contribution is -2.21. The Labute approximate surface area is 162 Å². The lowest BCUT2D eigenvalue weighted by atomic mass is 10.1. The predicted molar refractivity (Wildman–Crippen MR) is 112 cm³/mol. The van der Waals surface area contributed by atoms with Crippen LogP contribution in [0.2, 0.25) is 5.02 Å². The summed E-state index contributed by atoms with van der Waals surface area (Å²) in [7, 11) is 0. The van der Waals surface area contributed by atoms with Gasteiger partial charge in [-0.05, 0) is 60.0 Å². The zero-order valence-corrected chi connectivity index (χ0v) is 15.7. The van der Waals surface area contributed by atoms with Gasteiger partial charge in [-0.15, -0.1) is 0 Å². The summed E-state index contributed by atoms with van der Waals surface area (Å²) in [5, 5.41) is 1.77. The lowest BCUT2D eigenvalue weighted by molar-refractivity contribution is 1.14. The molecule has 2 aromatic carbocycles. The summed E-state index contributed by atoms with van der Waals surface area (Å²) in [6, 6.07) is 20.6. The summed E-state index contributed by atoms with van der Waals surface area (Å²) >= 11 is 7.85. The minimum Gasteiger partial charge on any atom is -0.290 e. The molecule has 0 amide bonds. The molecule has 130 valence electrons. The minimum absolute atomic E-state index is 0.738. The zero-order valence-electron chi connectivity index (χ0n) is 14.2. The number of anilines is 2. The van der Waals surface area contributed by atoms with Gasteiger partial charge in [0.25, 0.3) is 0 Å². The van der Waals surface area contributed by atoms with Crippen molar-refractivity contribution in [1.82, 2.24) is 4.98 Å². The van der Waals surface area contributed by atoms with Gasteiger partial charge in [-0.1, -0.05) is 41.6 Å². The third-order valence-corrected chi connectivity index (χ3v) is 5.38. The molecule has 2 heterocycles. The molecule has 0 saturated heterocycles. The first kappa shape index (κ1) is 17.1. The van der Waals surface area contributed by atoms with E-state index in [9.17, 15) is 0 Å². The fourth-order valence-electron chi connectivity index (χ4n) is 2.92. The van der Waals surface area contributed by atoms with E-state index in [-0.39, 0.29) is 0 Å². The number of aliphatic imine (C=N–C) groups is 1. The second kappa shape index (κ2) is 7.94. The van der Waals surface area contributed by atoms with Crippen LogP contribution in [0, 0.1) is 0 Å². The molecule has 4 rings (SSSR count). The lowest BCUT2D eigenvalue weighted by Gasteiger charge is -2.24. The van der Waals surface area contributed by atoms with Gasteiger partial charge in [0, 0.05) is 34.5 Å². The van der Waals surface area contributed by atoms with E-state index in [0.29, 0.717) is 0 Å². The zero-order chi connectivity index (χ0) is 17.8. The summed E-state index contributed by atoms with van der Waals surface area (Å²) in [5.41, 5.74) is 4.65. The van der Waals surface area contributed by atoms with Gasteiger partial charge >= 0.3 is 0 Å². The monoisotopic (exact) mass is 379 g/mol. The van der Waals surface area contributed by atoms with E-state index in [1.54, 1.807) is 18.0 Å². The quantitative estimate of drug-likeness (QED) is 0.593. The highest BCUT2D eigenvalue weighted by molar-refractivity contribution is 8.14. The number of aromatic nitrogens is 1. The number of nitrogens with zero attached hydrogens (tertiary/aromatic N) is 3. The van der Waals surface area contributed by atoms with E-state index in [4.69, 9.17) is 11.6 Å². The van der Waals surface area contributed by atoms with Gasteiger partial charge in [-0.3, -0.25) is 14.9 Å². The van der Waals surface area contributed by atoms with Gasteiger partial charge in [0.1, 0.15) is 0 Å². The van der Waals surface area contributed by atoms with Crippen LogP contribution in [0.5, 0.6) is 0 Å². The van der Waals surface area contributed by atoms with Crippen molar-refractivity contribution in [2.75, 3.05) is 17.2 Å². The maximum atomic E-state index is 6.06. The van der Waals surface area contributed by atoms with Crippen LogP contribution in [-0.2, 0) is 6.42 Å². The van der Waals surface area contributed by atoms with E-state index < -0.39 is 0 Å². The van der Waals surface area contributed by atoms with Crippen LogP contribution in [0.25, 0.3) is 0 Å². The number of rotatable bonds is 4. The molecule has 5 heteroatoms. The Balaban J connectivity index is 1.62. The smallest absolute Gasteiger partial charge is 0.168 e. The van der Waals surface area contributed by atoms with Gasteiger partial charge in [-0.25, -0.2) is 0 Å². The molecular formula is C21H18ClN3S. The van der Waals surface area contributed by atoms with Gasteiger partial charge in [0.05, 0.1) is 6.54 Å². The Morgan fingerprint density at radius 1 is 0.923 bits per heavy atom. The molecule has 3 aromatic rings. The number of halogens is 1. The Morgan fingerprint density at radius 2 is 1.65 bits per heavy atom. The Bertz CT molecular complexity index is 893. The number of hydrogen-bond acceptors (Lipinski definition) is 4. The number of thioether (sulfide) groups is 1. The summed E-state index contributed by atoms with van der Waals surface area (Å²) < 4.78 is 0. The highest BCUT2D eigenvalue weighted by Crippen LogP contribution is 2.32. The fraction of sp³-hybridized carbons (Fsp3) is 0.143. The van der Waals surface area contributed by atoms with Crippen molar-refractivity contribution in [3.05, 3.63) is 89.2 Å². The topological polar surface area (TPSA) is 28.5 Å². The molecule has 0 spiro atoms. The fourth-order valence-corrected chi connectivity index (χ4v) is 3.93. The normalized spacial score (nSPS) is 13.5. The van der Waals surface area contributed by atoms with Crippen molar-refractivity contribution < 1.29 is 0 Å². The van der Waals surface area contributed by atoms with E-state index >= 15 is 0 Å². The van der Waals surface area contributed by atoms with E-state index in [2.05, 4.69) is 45.2 Å². The van der Waals surface area contributed by atoms with Crippen molar-refractivity contribution >= 4 is 39.9 Å². The number of pyridine rings is 1. The molecule has 26 heavy (non-hydrogen) atoms. The Morgan fingerprint density at radius 3 is 2.27 bits per heavy atom. The third-order valence-electron chi connectivity index (χ3n) is 4.17. The minimum atomic E-state index is 0.738. The molecule has 0 radical (unpaired) electrons. The molecule has 0 unspecified atom stereocenters. The highest BCUT2D eigenvalue weighted by atomic mass is 35.5. The summed E-state index contributed by atoms with van der Waals surface area (Å²) in [6.45, 7) is 0.864.